The Labute approximate surface area is 204 Å². The van der Waals surface area contributed by atoms with Crippen LogP contribution in [0.2, 0.25) is 0 Å². The van der Waals surface area contributed by atoms with Crippen molar-refractivity contribution in [3.05, 3.63) is 78.0 Å². The minimum atomic E-state index is -1.34. The molecule has 8 nitrogen and oxygen atoms in total. The van der Waals surface area contributed by atoms with E-state index in [0.29, 0.717) is 41.5 Å². The number of carboxylic acid groups (broad SMARTS) is 1. The number of aromatic nitrogens is 1. The summed E-state index contributed by atoms with van der Waals surface area (Å²) in [6.07, 6.45) is 1.33. The number of carbonyl (C=O) groups is 3. The molecule has 3 amide bonds. The third-order valence-electron chi connectivity index (χ3n) is 6.05. The van der Waals surface area contributed by atoms with Crippen molar-refractivity contribution in [1.82, 2.24) is 9.88 Å². The molecule has 0 spiro atoms. The van der Waals surface area contributed by atoms with E-state index in [1.165, 1.54) is 11.6 Å². The molecule has 180 valence electrons. The lowest BCUT2D eigenvalue weighted by atomic mass is 10.0. The highest BCUT2D eigenvalue weighted by atomic mass is 16.4. The van der Waals surface area contributed by atoms with Crippen LogP contribution in [-0.2, 0) is 4.79 Å². The van der Waals surface area contributed by atoms with Gasteiger partial charge in [-0.25, -0.2) is 9.78 Å². The summed E-state index contributed by atoms with van der Waals surface area (Å²) in [5.41, 5.74) is 3.51. The van der Waals surface area contributed by atoms with Crippen LogP contribution in [0.15, 0.2) is 66.7 Å². The Morgan fingerprint density at radius 1 is 0.943 bits per heavy atom. The van der Waals surface area contributed by atoms with Gasteiger partial charge in [0.05, 0.1) is 17.4 Å². The summed E-state index contributed by atoms with van der Waals surface area (Å²) in [5, 5.41) is 16.8. The van der Waals surface area contributed by atoms with Gasteiger partial charge in [0.25, 0.3) is 0 Å². The van der Waals surface area contributed by atoms with Crippen LogP contribution in [0, 0.1) is 0 Å². The van der Waals surface area contributed by atoms with Crippen molar-refractivity contribution in [1.29, 1.82) is 0 Å². The second kappa shape index (κ2) is 10.4. The SMILES string of the molecule is CC(C)c1ccc(NC(=O)N2CCC[C@@H]2C(=O)Nc2ccc(-c3cccc(C(=O)[O-])n3)cc2)cc1. The Kier molecular flexibility index (Phi) is 7.10. The van der Waals surface area contributed by atoms with Crippen molar-refractivity contribution in [3.63, 3.8) is 0 Å². The van der Waals surface area contributed by atoms with Gasteiger partial charge in [0.1, 0.15) is 6.04 Å². The zero-order valence-corrected chi connectivity index (χ0v) is 19.7. The molecular formula is C27H27N4O4-. The Morgan fingerprint density at radius 2 is 1.60 bits per heavy atom. The first-order valence-corrected chi connectivity index (χ1v) is 11.6. The fourth-order valence-electron chi connectivity index (χ4n) is 4.09. The fraction of sp³-hybridized carbons (Fsp3) is 0.259. The third kappa shape index (κ3) is 5.66. The van der Waals surface area contributed by atoms with Gasteiger partial charge in [0.2, 0.25) is 5.91 Å². The number of rotatable bonds is 6. The highest BCUT2D eigenvalue weighted by Crippen LogP contribution is 2.24. The summed E-state index contributed by atoms with van der Waals surface area (Å²) in [4.78, 5) is 42.5. The molecule has 0 unspecified atom stereocenters. The zero-order valence-electron chi connectivity index (χ0n) is 19.7. The number of nitrogens with zero attached hydrogens (tertiary/aromatic N) is 2. The number of aromatic carboxylic acids is 1. The molecule has 3 aromatic rings. The number of benzene rings is 2. The lowest BCUT2D eigenvalue weighted by molar-refractivity contribution is -0.255. The number of hydrogen-bond acceptors (Lipinski definition) is 5. The third-order valence-corrected chi connectivity index (χ3v) is 6.05. The van der Waals surface area contributed by atoms with Crippen LogP contribution in [0.5, 0.6) is 0 Å². The molecule has 1 fully saturated rings. The smallest absolute Gasteiger partial charge is 0.322 e. The summed E-state index contributed by atoms with van der Waals surface area (Å²) in [7, 11) is 0. The van der Waals surface area contributed by atoms with Gasteiger partial charge in [-0.3, -0.25) is 4.79 Å². The highest BCUT2D eigenvalue weighted by molar-refractivity contribution is 5.99. The molecule has 1 aromatic heterocycles. The van der Waals surface area contributed by atoms with Crippen molar-refractivity contribution < 1.29 is 19.5 Å². The summed E-state index contributed by atoms with van der Waals surface area (Å²) < 4.78 is 0. The van der Waals surface area contributed by atoms with Crippen LogP contribution in [-0.4, -0.2) is 40.4 Å². The maximum Gasteiger partial charge on any atom is 0.322 e. The Balaban J connectivity index is 1.39. The first-order valence-electron chi connectivity index (χ1n) is 11.6. The molecule has 0 saturated carbocycles. The van der Waals surface area contributed by atoms with E-state index < -0.39 is 12.0 Å². The van der Waals surface area contributed by atoms with Crippen molar-refractivity contribution in [2.45, 2.75) is 38.6 Å². The van der Waals surface area contributed by atoms with Gasteiger partial charge < -0.3 is 25.4 Å². The van der Waals surface area contributed by atoms with E-state index >= 15 is 0 Å². The molecule has 4 rings (SSSR count). The van der Waals surface area contributed by atoms with E-state index in [2.05, 4.69) is 29.5 Å². The topological polar surface area (TPSA) is 114 Å². The summed E-state index contributed by atoms with van der Waals surface area (Å²) in [5.74, 6) is -1.19. The molecule has 1 aliphatic rings. The number of carbonyl (C=O) groups excluding carboxylic acids is 3. The standard InChI is InChI=1S/C27H28N4O4/c1-17(2)18-8-12-21(13-9-18)29-27(35)31-16-4-7-24(31)25(32)28-20-14-10-19(11-15-20)22-5-3-6-23(30-22)26(33)34/h3,5-6,8-15,17,24H,4,7,16H2,1-2H3,(H,28,32)(H,29,35)(H,33,34)/p-1/t24-/m1/s1. The molecule has 0 radical (unpaired) electrons. The van der Waals surface area contributed by atoms with Gasteiger partial charge >= 0.3 is 6.03 Å². The number of hydrogen-bond donors (Lipinski definition) is 2. The molecule has 1 atom stereocenters. The number of carboxylic acids is 1. The first kappa shape index (κ1) is 23.9. The molecule has 2 heterocycles. The van der Waals surface area contributed by atoms with Crippen molar-refractivity contribution in [3.8, 4) is 11.3 Å². The van der Waals surface area contributed by atoms with Crippen LogP contribution in [0.4, 0.5) is 16.2 Å². The largest absolute Gasteiger partial charge is 0.543 e. The van der Waals surface area contributed by atoms with Gasteiger partial charge in [0.15, 0.2) is 0 Å². The predicted molar refractivity (Wildman–Crippen MR) is 132 cm³/mol. The molecule has 8 heteroatoms. The van der Waals surface area contributed by atoms with E-state index in [4.69, 9.17) is 0 Å². The first-order chi connectivity index (χ1) is 16.8. The molecule has 0 bridgehead atoms. The fourth-order valence-corrected chi connectivity index (χ4v) is 4.09. The maximum atomic E-state index is 13.0. The van der Waals surface area contributed by atoms with Crippen LogP contribution in [0.1, 0.15) is 48.7 Å². The average molecular weight is 472 g/mol. The van der Waals surface area contributed by atoms with Crippen LogP contribution in [0.3, 0.4) is 0 Å². The average Bonchev–Trinajstić information content (AvgIpc) is 3.35. The highest BCUT2D eigenvalue weighted by Gasteiger charge is 2.34. The zero-order chi connectivity index (χ0) is 24.9. The monoisotopic (exact) mass is 471 g/mol. The molecule has 1 saturated heterocycles. The lowest BCUT2D eigenvalue weighted by Gasteiger charge is -2.24. The van der Waals surface area contributed by atoms with Gasteiger partial charge in [-0.2, -0.15) is 0 Å². The number of anilines is 2. The van der Waals surface area contributed by atoms with E-state index in [9.17, 15) is 19.5 Å². The van der Waals surface area contributed by atoms with Crippen molar-refractivity contribution in [2.75, 3.05) is 17.2 Å². The van der Waals surface area contributed by atoms with Crippen LogP contribution in [0.25, 0.3) is 11.3 Å². The van der Waals surface area contributed by atoms with Gasteiger partial charge in [0, 0.05) is 23.5 Å². The number of nitrogens with one attached hydrogen (secondary N) is 2. The van der Waals surface area contributed by atoms with E-state index in [-0.39, 0.29) is 17.6 Å². The van der Waals surface area contributed by atoms with Gasteiger partial charge in [-0.1, -0.05) is 44.2 Å². The molecule has 0 aliphatic carbocycles. The second-order valence-corrected chi connectivity index (χ2v) is 8.82. The Morgan fingerprint density at radius 3 is 2.26 bits per heavy atom. The molecular weight excluding hydrogens is 444 g/mol. The normalized spacial score (nSPS) is 15.2. The summed E-state index contributed by atoms with van der Waals surface area (Å²) >= 11 is 0. The summed E-state index contributed by atoms with van der Waals surface area (Å²) in [6, 6.07) is 18.5. The minimum Gasteiger partial charge on any atom is -0.543 e. The number of amides is 3. The van der Waals surface area contributed by atoms with Crippen molar-refractivity contribution >= 4 is 29.3 Å². The van der Waals surface area contributed by atoms with Crippen LogP contribution >= 0.6 is 0 Å². The van der Waals surface area contributed by atoms with E-state index in [1.54, 1.807) is 41.3 Å². The lowest BCUT2D eigenvalue weighted by Crippen LogP contribution is -2.45. The molecule has 35 heavy (non-hydrogen) atoms. The summed E-state index contributed by atoms with van der Waals surface area (Å²) in [6.45, 7) is 4.73. The minimum absolute atomic E-state index is 0.143. The van der Waals surface area contributed by atoms with Crippen molar-refractivity contribution in [2.24, 2.45) is 0 Å². The number of pyridine rings is 1. The van der Waals surface area contributed by atoms with E-state index in [1.807, 2.05) is 24.3 Å². The van der Waals surface area contributed by atoms with E-state index in [0.717, 1.165) is 6.42 Å². The second-order valence-electron chi connectivity index (χ2n) is 8.82. The Hall–Kier alpha value is -4.20. The van der Waals surface area contributed by atoms with Gasteiger partial charge in [-0.05, 0) is 60.7 Å². The number of urea groups is 1. The maximum absolute atomic E-state index is 13.0. The van der Waals surface area contributed by atoms with Crippen LogP contribution < -0.4 is 15.7 Å². The Bertz CT molecular complexity index is 1220. The molecule has 1 aliphatic heterocycles. The molecule has 2 N–H and O–H groups in total. The van der Waals surface area contributed by atoms with Gasteiger partial charge in [-0.15, -0.1) is 0 Å². The quantitative estimate of drug-likeness (QED) is 0.566. The molecule has 2 aromatic carbocycles. The predicted octanol–water partition coefficient (Wildman–Crippen LogP) is 3.87. The number of likely N-dealkylation sites (tertiary alicyclic amines) is 1.